The number of hydrogen-bond donors (Lipinski definition) is 0. The van der Waals surface area contributed by atoms with E-state index in [0.717, 1.165) is 25.7 Å². The highest BCUT2D eigenvalue weighted by molar-refractivity contribution is 9.25. The summed E-state index contributed by atoms with van der Waals surface area (Å²) < 4.78 is 28.0. The SMILES string of the molecule is COCCOCOC(C1CCCCC1)C(F)(Br)Br. The first-order valence-electron chi connectivity index (χ1n) is 6.30. The highest BCUT2D eigenvalue weighted by Gasteiger charge is 2.40. The minimum Gasteiger partial charge on any atom is -0.382 e. The lowest BCUT2D eigenvalue weighted by molar-refractivity contribution is -0.129. The van der Waals surface area contributed by atoms with Crippen molar-refractivity contribution in [3.8, 4) is 0 Å². The molecular formula is C12H21Br2FO3. The average molecular weight is 392 g/mol. The molecule has 0 bridgehead atoms. The molecule has 0 aromatic rings. The molecule has 0 amide bonds. The quantitative estimate of drug-likeness (QED) is 0.355. The highest BCUT2D eigenvalue weighted by Crippen LogP contribution is 2.42. The molecule has 3 nitrogen and oxygen atoms in total. The summed E-state index contributed by atoms with van der Waals surface area (Å²) in [6.07, 6.45) is 5.01. The molecule has 1 aliphatic carbocycles. The molecule has 6 heteroatoms. The highest BCUT2D eigenvalue weighted by atomic mass is 79.9. The van der Waals surface area contributed by atoms with Gasteiger partial charge in [-0.1, -0.05) is 19.3 Å². The molecule has 18 heavy (non-hydrogen) atoms. The topological polar surface area (TPSA) is 27.7 Å². The first-order valence-corrected chi connectivity index (χ1v) is 7.89. The van der Waals surface area contributed by atoms with Gasteiger partial charge in [-0.05, 0) is 50.6 Å². The van der Waals surface area contributed by atoms with Crippen LogP contribution in [0.5, 0.6) is 0 Å². The first-order chi connectivity index (χ1) is 8.55. The fourth-order valence-corrected chi connectivity index (χ4v) is 3.27. The summed E-state index contributed by atoms with van der Waals surface area (Å²) in [7, 11) is 1.61. The predicted molar refractivity (Wildman–Crippen MR) is 75.8 cm³/mol. The van der Waals surface area contributed by atoms with Gasteiger partial charge in [0.05, 0.1) is 13.2 Å². The number of rotatable bonds is 8. The number of hydrogen-bond acceptors (Lipinski definition) is 3. The molecule has 0 N–H and O–H groups in total. The van der Waals surface area contributed by atoms with Crippen LogP contribution in [0.2, 0.25) is 0 Å². The van der Waals surface area contributed by atoms with Crippen molar-refractivity contribution in [2.75, 3.05) is 27.1 Å². The Kier molecular flexibility index (Phi) is 8.27. The van der Waals surface area contributed by atoms with E-state index in [9.17, 15) is 4.39 Å². The summed E-state index contributed by atoms with van der Waals surface area (Å²) in [6.45, 7) is 1.06. The van der Waals surface area contributed by atoms with Gasteiger partial charge in [-0.3, -0.25) is 0 Å². The minimum atomic E-state index is -1.69. The number of methoxy groups -OCH3 is 1. The van der Waals surface area contributed by atoms with Crippen LogP contribution >= 0.6 is 31.9 Å². The maximum absolute atomic E-state index is 14.0. The normalized spacial score (nSPS) is 20.0. The fraction of sp³-hybridized carbons (Fsp3) is 1.00. The second-order valence-electron chi connectivity index (χ2n) is 4.55. The zero-order valence-electron chi connectivity index (χ0n) is 10.7. The molecule has 0 aromatic heterocycles. The van der Waals surface area contributed by atoms with Gasteiger partial charge in [0.2, 0.25) is 3.49 Å². The van der Waals surface area contributed by atoms with Gasteiger partial charge in [0.1, 0.15) is 12.9 Å². The molecule has 0 radical (unpaired) electrons. The molecule has 0 heterocycles. The zero-order chi connectivity index (χ0) is 13.4. The van der Waals surface area contributed by atoms with Gasteiger partial charge in [0, 0.05) is 7.11 Å². The lowest BCUT2D eigenvalue weighted by Crippen LogP contribution is -2.38. The molecule has 0 spiro atoms. The van der Waals surface area contributed by atoms with Crippen LogP contribution in [0.1, 0.15) is 32.1 Å². The van der Waals surface area contributed by atoms with E-state index in [1.54, 1.807) is 7.11 Å². The molecule has 1 unspecified atom stereocenters. The second-order valence-corrected chi connectivity index (χ2v) is 7.92. The fourth-order valence-electron chi connectivity index (χ4n) is 2.26. The molecule has 0 aliphatic heterocycles. The molecule has 1 rings (SSSR count). The van der Waals surface area contributed by atoms with E-state index in [0.29, 0.717) is 13.2 Å². The Balaban J connectivity index is 2.36. The van der Waals surface area contributed by atoms with E-state index in [-0.39, 0.29) is 12.7 Å². The van der Waals surface area contributed by atoms with Crippen molar-refractivity contribution in [2.24, 2.45) is 5.92 Å². The van der Waals surface area contributed by atoms with Gasteiger partial charge in [-0.25, -0.2) is 4.39 Å². The van der Waals surface area contributed by atoms with E-state index in [1.807, 2.05) is 0 Å². The van der Waals surface area contributed by atoms with Crippen molar-refractivity contribution in [1.82, 2.24) is 0 Å². The number of alkyl halides is 3. The van der Waals surface area contributed by atoms with Crippen LogP contribution in [0.3, 0.4) is 0 Å². The summed E-state index contributed by atoms with van der Waals surface area (Å²) in [5.41, 5.74) is 0. The molecular weight excluding hydrogens is 371 g/mol. The molecule has 108 valence electrons. The van der Waals surface area contributed by atoms with Gasteiger partial charge in [-0.15, -0.1) is 0 Å². The molecule has 0 saturated heterocycles. The third-order valence-corrected chi connectivity index (χ3v) is 4.07. The van der Waals surface area contributed by atoms with Gasteiger partial charge in [0.25, 0.3) is 0 Å². The third kappa shape index (κ3) is 6.28. The Morgan fingerprint density at radius 3 is 2.44 bits per heavy atom. The van der Waals surface area contributed by atoms with E-state index >= 15 is 0 Å². The second kappa shape index (κ2) is 8.84. The Labute approximate surface area is 125 Å². The van der Waals surface area contributed by atoms with Crippen LogP contribution in [0, 0.1) is 5.92 Å². The predicted octanol–water partition coefficient (Wildman–Crippen LogP) is 3.99. The Morgan fingerprint density at radius 1 is 1.22 bits per heavy atom. The van der Waals surface area contributed by atoms with E-state index in [1.165, 1.54) is 6.42 Å². The zero-order valence-corrected chi connectivity index (χ0v) is 13.8. The van der Waals surface area contributed by atoms with Crippen LogP contribution in [0.15, 0.2) is 0 Å². The van der Waals surface area contributed by atoms with Crippen molar-refractivity contribution in [3.63, 3.8) is 0 Å². The Hall–Kier alpha value is 0.770. The largest absolute Gasteiger partial charge is 0.382 e. The van der Waals surface area contributed by atoms with Gasteiger partial charge >= 0.3 is 0 Å². The molecule has 0 aromatic carbocycles. The monoisotopic (exact) mass is 390 g/mol. The minimum absolute atomic E-state index is 0.0907. The maximum Gasteiger partial charge on any atom is 0.245 e. The van der Waals surface area contributed by atoms with Crippen LogP contribution < -0.4 is 0 Å². The summed E-state index contributed by atoms with van der Waals surface area (Å²) in [4.78, 5) is 0. The van der Waals surface area contributed by atoms with Crippen molar-refractivity contribution >= 4 is 31.9 Å². The van der Waals surface area contributed by atoms with E-state index in [4.69, 9.17) is 14.2 Å². The molecule has 1 fully saturated rings. The summed E-state index contributed by atoms with van der Waals surface area (Å²) in [5, 5.41) is 0. The van der Waals surface area contributed by atoms with E-state index in [2.05, 4.69) is 31.9 Å². The molecule has 1 aliphatic rings. The Bertz CT molecular complexity index is 218. The smallest absolute Gasteiger partial charge is 0.245 e. The lowest BCUT2D eigenvalue weighted by Gasteiger charge is -2.33. The molecule has 1 atom stereocenters. The molecule has 1 saturated carbocycles. The third-order valence-electron chi connectivity index (χ3n) is 3.16. The lowest BCUT2D eigenvalue weighted by atomic mass is 9.85. The van der Waals surface area contributed by atoms with Crippen LogP contribution in [-0.4, -0.2) is 36.7 Å². The summed E-state index contributed by atoms with van der Waals surface area (Å²) in [6, 6.07) is 0. The van der Waals surface area contributed by atoms with Crippen molar-refractivity contribution in [2.45, 2.75) is 41.7 Å². The Morgan fingerprint density at radius 2 is 1.89 bits per heavy atom. The summed E-state index contributed by atoms with van der Waals surface area (Å²) in [5.74, 6) is 0.230. The van der Waals surface area contributed by atoms with Crippen LogP contribution in [-0.2, 0) is 14.2 Å². The van der Waals surface area contributed by atoms with Crippen molar-refractivity contribution < 1.29 is 18.6 Å². The number of ether oxygens (including phenoxy) is 3. The van der Waals surface area contributed by atoms with Gasteiger partial charge in [-0.2, -0.15) is 0 Å². The average Bonchev–Trinajstić information content (AvgIpc) is 2.33. The van der Waals surface area contributed by atoms with Gasteiger partial charge < -0.3 is 14.2 Å². The van der Waals surface area contributed by atoms with E-state index < -0.39 is 9.59 Å². The standard InChI is InChI=1S/C12H21Br2FO3/c1-16-7-8-17-9-18-11(12(13,14)15)10-5-3-2-4-6-10/h10-11H,2-9H2,1H3. The summed E-state index contributed by atoms with van der Waals surface area (Å²) >= 11 is 6.02. The maximum atomic E-state index is 14.0. The van der Waals surface area contributed by atoms with Crippen LogP contribution in [0.25, 0.3) is 0 Å². The van der Waals surface area contributed by atoms with Crippen LogP contribution in [0.4, 0.5) is 4.39 Å². The van der Waals surface area contributed by atoms with Crippen molar-refractivity contribution in [3.05, 3.63) is 0 Å². The number of halogens is 3. The van der Waals surface area contributed by atoms with Gasteiger partial charge in [0.15, 0.2) is 0 Å². The van der Waals surface area contributed by atoms with Crippen molar-refractivity contribution in [1.29, 1.82) is 0 Å². The first kappa shape index (κ1) is 16.8.